The van der Waals surface area contributed by atoms with Crippen molar-refractivity contribution in [1.29, 1.82) is 0 Å². The first-order chi connectivity index (χ1) is 10.0. The first-order valence-corrected chi connectivity index (χ1v) is 7.46. The Labute approximate surface area is 124 Å². The van der Waals surface area contributed by atoms with Crippen LogP contribution in [-0.2, 0) is 4.79 Å². The van der Waals surface area contributed by atoms with Crippen LogP contribution < -0.4 is 4.90 Å². The molecule has 0 amide bonds. The maximum atomic E-state index is 13.8. The first-order valence-electron chi connectivity index (χ1n) is 7.46. The summed E-state index contributed by atoms with van der Waals surface area (Å²) in [7, 11) is 0. The minimum absolute atomic E-state index is 0.0923. The lowest BCUT2D eigenvalue weighted by Crippen LogP contribution is -2.28. The SMILES string of the molecule is CCCCCCCN(CCC(=O)O)c1cc(F)ccc1F. The van der Waals surface area contributed by atoms with Crippen LogP contribution in [0.2, 0.25) is 0 Å². The van der Waals surface area contributed by atoms with Crippen LogP contribution >= 0.6 is 0 Å². The second-order valence-electron chi connectivity index (χ2n) is 5.14. The monoisotopic (exact) mass is 299 g/mol. The lowest BCUT2D eigenvalue weighted by Gasteiger charge is -2.24. The second-order valence-corrected chi connectivity index (χ2v) is 5.14. The molecule has 0 aliphatic heterocycles. The van der Waals surface area contributed by atoms with Crippen molar-refractivity contribution in [3.8, 4) is 0 Å². The normalized spacial score (nSPS) is 10.6. The van der Waals surface area contributed by atoms with Gasteiger partial charge in [0.05, 0.1) is 12.1 Å². The summed E-state index contributed by atoms with van der Waals surface area (Å²) >= 11 is 0. The molecule has 3 nitrogen and oxygen atoms in total. The molecule has 5 heteroatoms. The van der Waals surface area contributed by atoms with Crippen LogP contribution in [0.4, 0.5) is 14.5 Å². The molecule has 0 aliphatic rings. The maximum Gasteiger partial charge on any atom is 0.305 e. The Kier molecular flexibility index (Phi) is 7.72. The summed E-state index contributed by atoms with van der Waals surface area (Å²) in [6, 6.07) is 3.27. The van der Waals surface area contributed by atoms with Crippen molar-refractivity contribution in [2.45, 2.75) is 45.4 Å². The number of hydrogen-bond donors (Lipinski definition) is 1. The molecule has 0 heterocycles. The highest BCUT2D eigenvalue weighted by atomic mass is 19.1. The number of rotatable bonds is 10. The maximum absolute atomic E-state index is 13.8. The van der Waals surface area contributed by atoms with Gasteiger partial charge in [-0.15, -0.1) is 0 Å². The highest BCUT2D eigenvalue weighted by Crippen LogP contribution is 2.21. The Bertz CT molecular complexity index is 452. The first kappa shape index (κ1) is 17.4. The number of halogens is 2. The fraction of sp³-hybridized carbons (Fsp3) is 0.562. The standard InChI is InChI=1S/C16H23F2NO2/c1-2-3-4-5-6-10-19(11-9-16(20)21)15-12-13(17)7-8-14(15)18/h7-8,12H,2-6,9-11H2,1H3,(H,20,21). The van der Waals surface area contributed by atoms with E-state index in [2.05, 4.69) is 6.92 Å². The summed E-state index contributed by atoms with van der Waals surface area (Å²) in [6.07, 6.45) is 5.16. The van der Waals surface area contributed by atoms with E-state index in [0.717, 1.165) is 50.3 Å². The molecule has 1 aromatic rings. The van der Waals surface area contributed by atoms with Gasteiger partial charge in [-0.2, -0.15) is 0 Å². The molecule has 21 heavy (non-hydrogen) atoms. The number of carboxylic acids is 1. The minimum Gasteiger partial charge on any atom is -0.481 e. The van der Waals surface area contributed by atoms with Gasteiger partial charge in [-0.3, -0.25) is 4.79 Å². The van der Waals surface area contributed by atoms with Gasteiger partial charge in [0.25, 0.3) is 0 Å². The summed E-state index contributed by atoms with van der Waals surface area (Å²) in [4.78, 5) is 12.3. The molecule has 0 bridgehead atoms. The zero-order valence-electron chi connectivity index (χ0n) is 12.4. The van der Waals surface area contributed by atoms with Crippen molar-refractivity contribution in [1.82, 2.24) is 0 Å². The van der Waals surface area contributed by atoms with Crippen LogP contribution in [0.15, 0.2) is 18.2 Å². The van der Waals surface area contributed by atoms with Gasteiger partial charge in [-0.25, -0.2) is 8.78 Å². The Morgan fingerprint density at radius 1 is 1.14 bits per heavy atom. The number of benzene rings is 1. The number of carboxylic acid groups (broad SMARTS) is 1. The van der Waals surface area contributed by atoms with E-state index in [9.17, 15) is 13.6 Å². The van der Waals surface area contributed by atoms with Gasteiger partial charge in [-0.05, 0) is 18.6 Å². The van der Waals surface area contributed by atoms with Gasteiger partial charge in [0.2, 0.25) is 0 Å². The van der Waals surface area contributed by atoms with Crippen LogP contribution in [0.25, 0.3) is 0 Å². The van der Waals surface area contributed by atoms with Crippen molar-refractivity contribution >= 4 is 11.7 Å². The smallest absolute Gasteiger partial charge is 0.305 e. The van der Waals surface area contributed by atoms with E-state index in [1.165, 1.54) is 0 Å². The third-order valence-electron chi connectivity index (χ3n) is 3.38. The number of nitrogens with zero attached hydrogens (tertiary/aromatic N) is 1. The summed E-state index contributed by atoms with van der Waals surface area (Å²) in [5.74, 6) is -1.98. The second kappa shape index (κ2) is 9.32. The molecule has 0 saturated heterocycles. The fourth-order valence-electron chi connectivity index (χ4n) is 2.22. The van der Waals surface area contributed by atoms with Crippen molar-refractivity contribution in [3.63, 3.8) is 0 Å². The Balaban J connectivity index is 2.67. The number of aliphatic carboxylic acids is 1. The van der Waals surface area contributed by atoms with Crippen molar-refractivity contribution in [2.75, 3.05) is 18.0 Å². The molecule has 0 atom stereocenters. The summed E-state index contributed by atoms with van der Waals surface area (Å²) in [6.45, 7) is 2.85. The minimum atomic E-state index is -0.942. The molecular weight excluding hydrogens is 276 g/mol. The fourth-order valence-corrected chi connectivity index (χ4v) is 2.22. The van der Waals surface area contributed by atoms with Crippen LogP contribution in [0.3, 0.4) is 0 Å². The van der Waals surface area contributed by atoms with Gasteiger partial charge < -0.3 is 10.0 Å². The lowest BCUT2D eigenvalue weighted by atomic mass is 10.1. The van der Waals surface area contributed by atoms with Crippen LogP contribution in [0, 0.1) is 11.6 Å². The molecule has 0 saturated carbocycles. The summed E-state index contributed by atoms with van der Waals surface area (Å²) < 4.78 is 27.1. The third-order valence-corrected chi connectivity index (χ3v) is 3.38. The number of hydrogen-bond acceptors (Lipinski definition) is 2. The van der Waals surface area contributed by atoms with E-state index in [1.54, 1.807) is 4.90 Å². The average molecular weight is 299 g/mol. The van der Waals surface area contributed by atoms with Gasteiger partial charge in [0.15, 0.2) is 0 Å². The highest BCUT2D eigenvalue weighted by Gasteiger charge is 2.13. The topological polar surface area (TPSA) is 40.5 Å². The van der Waals surface area contributed by atoms with Gasteiger partial charge >= 0.3 is 5.97 Å². The molecule has 0 unspecified atom stereocenters. The van der Waals surface area contributed by atoms with Crippen molar-refractivity contribution in [2.24, 2.45) is 0 Å². The van der Waals surface area contributed by atoms with Crippen molar-refractivity contribution < 1.29 is 18.7 Å². The van der Waals surface area contributed by atoms with E-state index < -0.39 is 17.6 Å². The average Bonchev–Trinajstić information content (AvgIpc) is 2.44. The highest BCUT2D eigenvalue weighted by molar-refractivity contribution is 5.67. The van der Waals surface area contributed by atoms with E-state index in [4.69, 9.17) is 5.11 Å². The van der Waals surface area contributed by atoms with E-state index in [1.807, 2.05) is 0 Å². The molecular formula is C16H23F2NO2. The summed E-state index contributed by atoms with van der Waals surface area (Å²) in [5, 5.41) is 8.78. The Morgan fingerprint density at radius 3 is 2.52 bits per heavy atom. The van der Waals surface area contributed by atoms with Crippen molar-refractivity contribution in [3.05, 3.63) is 29.8 Å². The predicted molar refractivity (Wildman–Crippen MR) is 79.6 cm³/mol. The molecule has 118 valence electrons. The molecule has 1 N–H and O–H groups in total. The molecule has 0 spiro atoms. The molecule has 0 aromatic heterocycles. The van der Waals surface area contributed by atoms with Gasteiger partial charge in [0, 0.05) is 19.2 Å². The quantitative estimate of drug-likeness (QED) is 0.658. The van der Waals surface area contributed by atoms with E-state index in [-0.39, 0.29) is 18.7 Å². The third kappa shape index (κ3) is 6.56. The van der Waals surface area contributed by atoms with Crippen LogP contribution in [-0.4, -0.2) is 24.2 Å². The van der Waals surface area contributed by atoms with E-state index >= 15 is 0 Å². The predicted octanol–water partition coefficient (Wildman–Crippen LogP) is 4.22. The van der Waals surface area contributed by atoms with Crippen LogP contribution in [0.5, 0.6) is 0 Å². The summed E-state index contributed by atoms with van der Waals surface area (Å²) in [5.41, 5.74) is 0.145. The zero-order chi connectivity index (χ0) is 15.7. The van der Waals surface area contributed by atoms with Gasteiger partial charge in [0.1, 0.15) is 11.6 Å². The zero-order valence-corrected chi connectivity index (χ0v) is 12.4. The van der Waals surface area contributed by atoms with Crippen LogP contribution in [0.1, 0.15) is 45.4 Å². The number of carbonyl (C=O) groups is 1. The van der Waals surface area contributed by atoms with E-state index in [0.29, 0.717) is 6.54 Å². The molecule has 0 aliphatic carbocycles. The Morgan fingerprint density at radius 2 is 1.86 bits per heavy atom. The lowest BCUT2D eigenvalue weighted by molar-refractivity contribution is -0.136. The Hall–Kier alpha value is -1.65. The molecule has 1 aromatic carbocycles. The largest absolute Gasteiger partial charge is 0.481 e. The molecule has 1 rings (SSSR count). The van der Waals surface area contributed by atoms with Gasteiger partial charge in [-0.1, -0.05) is 32.6 Å². The molecule has 0 fully saturated rings. The number of anilines is 1. The number of unbranched alkanes of at least 4 members (excludes halogenated alkanes) is 4. The molecule has 0 radical (unpaired) electrons.